The summed E-state index contributed by atoms with van der Waals surface area (Å²) in [6.07, 6.45) is 7.38. The van der Waals surface area contributed by atoms with E-state index in [1.807, 2.05) is 0 Å². The maximum absolute atomic E-state index is 2.69. The molecule has 0 amide bonds. The minimum Gasteiger partial charge on any atom is -0.376 e. The van der Waals surface area contributed by atoms with Gasteiger partial charge in [0.1, 0.15) is 0 Å². The second-order valence-corrected chi connectivity index (χ2v) is 14.2. The molecule has 1 fully saturated rings. The molecular weight excluding hydrogens is 196 g/mol. The summed E-state index contributed by atoms with van der Waals surface area (Å²) < 4.78 is 5.35. The lowest BCUT2D eigenvalue weighted by molar-refractivity contribution is 0.287. The molecule has 72 valence electrons. The zero-order valence-corrected chi connectivity index (χ0v) is 14.1. The van der Waals surface area contributed by atoms with Gasteiger partial charge in [0.15, 0.2) is 9.84 Å². The van der Waals surface area contributed by atoms with Crippen LogP contribution in [0, 0.1) is 0 Å². The third kappa shape index (κ3) is 3.53. The van der Waals surface area contributed by atoms with E-state index in [2.05, 4.69) is 15.5 Å². The molecule has 1 rings (SSSR count). The maximum atomic E-state index is 2.69. The van der Waals surface area contributed by atoms with Crippen LogP contribution in [0.15, 0.2) is 0 Å². The molecular formula is C7H22N2Si3. The first-order valence-corrected chi connectivity index (χ1v) is 8.10. The van der Waals surface area contributed by atoms with Crippen LogP contribution in [0.1, 0.15) is 32.1 Å². The van der Waals surface area contributed by atoms with Gasteiger partial charge < -0.3 is 8.46 Å². The minimum absolute atomic E-state index is 0.0157. The summed E-state index contributed by atoms with van der Waals surface area (Å²) in [5.41, 5.74) is 0. The summed E-state index contributed by atoms with van der Waals surface area (Å²) >= 11 is 0. The van der Waals surface area contributed by atoms with Crippen molar-refractivity contribution in [3.63, 3.8) is 0 Å². The topological polar surface area (TPSA) is 6.48 Å². The van der Waals surface area contributed by atoms with Crippen molar-refractivity contribution in [2.24, 2.45) is 0 Å². The Hall–Kier alpha value is 0.571. The van der Waals surface area contributed by atoms with E-state index in [1.54, 1.807) is 0 Å². The molecule has 0 spiro atoms. The van der Waals surface area contributed by atoms with Crippen LogP contribution in [0.5, 0.6) is 0 Å². The first-order valence-electron chi connectivity index (χ1n) is 5.05. The van der Waals surface area contributed by atoms with Gasteiger partial charge in [0.25, 0.3) is 0 Å². The van der Waals surface area contributed by atoms with Crippen molar-refractivity contribution in [2.75, 3.05) is 7.05 Å². The number of hydrogen-bond donors (Lipinski definition) is 0. The zero-order chi connectivity index (χ0) is 8.97. The van der Waals surface area contributed by atoms with Crippen molar-refractivity contribution in [1.82, 2.24) is 8.46 Å². The van der Waals surface area contributed by atoms with Crippen LogP contribution in [0.4, 0.5) is 0 Å². The highest BCUT2D eigenvalue weighted by Crippen LogP contribution is 2.20. The Morgan fingerprint density at radius 1 is 1.17 bits per heavy atom. The molecule has 1 saturated carbocycles. The van der Waals surface area contributed by atoms with Crippen LogP contribution >= 0.6 is 0 Å². The standard InChI is InChI=1S/C7H22N2Si3/c1-8(12-9(10)11)7-5-3-2-4-6-7/h7H,2-6,12H2,1,10-11H3. The third-order valence-corrected chi connectivity index (χ3v) is 5.93. The Labute approximate surface area is 84.7 Å². The Balaban J connectivity index is 2.24. The predicted octanol–water partition coefficient (Wildman–Crippen LogP) is -1.89. The third-order valence-electron chi connectivity index (χ3n) is 2.70. The van der Waals surface area contributed by atoms with Crippen LogP contribution in [0.25, 0.3) is 0 Å². The first-order chi connectivity index (χ1) is 5.70. The monoisotopic (exact) mass is 218 g/mol. The SMILES string of the molecule is CN([SiH2]N([SiH3])[SiH3])C1CCCCC1. The van der Waals surface area contributed by atoms with Crippen molar-refractivity contribution >= 4 is 30.7 Å². The van der Waals surface area contributed by atoms with E-state index < -0.39 is 0 Å². The highest BCUT2D eigenvalue weighted by Gasteiger charge is 2.17. The summed E-state index contributed by atoms with van der Waals surface area (Å²) in [5, 5.41) is 0. The van der Waals surface area contributed by atoms with Gasteiger partial charge in [-0.25, -0.2) is 0 Å². The van der Waals surface area contributed by atoms with E-state index in [0.717, 1.165) is 6.04 Å². The molecule has 1 aliphatic carbocycles. The Bertz CT molecular complexity index is 126. The number of nitrogens with zero attached hydrogens (tertiary/aromatic N) is 2. The molecule has 0 N–H and O–H groups in total. The summed E-state index contributed by atoms with van der Waals surface area (Å²) in [4.78, 5) is 0. The van der Waals surface area contributed by atoms with E-state index in [1.165, 1.54) is 52.9 Å². The molecule has 0 aliphatic heterocycles. The van der Waals surface area contributed by atoms with Gasteiger partial charge >= 0.3 is 0 Å². The van der Waals surface area contributed by atoms with E-state index >= 15 is 0 Å². The molecule has 0 heterocycles. The smallest absolute Gasteiger partial charge is 0.158 e. The number of rotatable bonds is 3. The van der Waals surface area contributed by atoms with Crippen LogP contribution in [0.2, 0.25) is 0 Å². The van der Waals surface area contributed by atoms with E-state index in [9.17, 15) is 0 Å². The molecule has 0 aromatic rings. The fourth-order valence-electron chi connectivity index (χ4n) is 2.08. The van der Waals surface area contributed by atoms with Crippen molar-refractivity contribution in [3.8, 4) is 0 Å². The Morgan fingerprint density at radius 3 is 2.25 bits per heavy atom. The fourth-order valence-corrected chi connectivity index (χ4v) is 6.25. The maximum Gasteiger partial charge on any atom is 0.158 e. The van der Waals surface area contributed by atoms with Gasteiger partial charge in [0.2, 0.25) is 0 Å². The molecule has 0 aromatic carbocycles. The second-order valence-electron chi connectivity index (χ2n) is 4.27. The molecule has 0 radical (unpaired) electrons. The van der Waals surface area contributed by atoms with Crippen molar-refractivity contribution in [3.05, 3.63) is 0 Å². The largest absolute Gasteiger partial charge is 0.376 e. The van der Waals surface area contributed by atoms with Crippen molar-refractivity contribution < 1.29 is 0 Å². The average molecular weight is 219 g/mol. The molecule has 0 saturated heterocycles. The summed E-state index contributed by atoms with van der Waals surface area (Å²) in [5.74, 6) is 0. The highest BCUT2D eigenvalue weighted by molar-refractivity contribution is 6.50. The molecule has 2 nitrogen and oxygen atoms in total. The lowest BCUT2D eigenvalue weighted by Crippen LogP contribution is -2.43. The lowest BCUT2D eigenvalue weighted by Gasteiger charge is -2.33. The predicted molar refractivity (Wildman–Crippen MR) is 64.9 cm³/mol. The Kier molecular flexibility index (Phi) is 4.73. The molecule has 5 heteroatoms. The van der Waals surface area contributed by atoms with Crippen LogP contribution in [-0.4, -0.2) is 52.2 Å². The molecule has 0 bridgehead atoms. The zero-order valence-electron chi connectivity index (χ0n) is 8.71. The molecule has 12 heavy (non-hydrogen) atoms. The molecule has 0 aromatic heterocycles. The first kappa shape index (κ1) is 10.7. The summed E-state index contributed by atoms with van der Waals surface area (Å²) in [6.45, 7) is 0. The van der Waals surface area contributed by atoms with Gasteiger partial charge in [-0.05, 0) is 19.9 Å². The van der Waals surface area contributed by atoms with Crippen molar-refractivity contribution in [1.29, 1.82) is 0 Å². The van der Waals surface area contributed by atoms with Gasteiger partial charge in [0.05, 0.1) is 20.8 Å². The van der Waals surface area contributed by atoms with Gasteiger partial charge in [-0.1, -0.05) is 19.3 Å². The average Bonchev–Trinajstić information content (AvgIpc) is 2.05. The van der Waals surface area contributed by atoms with Gasteiger partial charge in [-0.2, -0.15) is 0 Å². The van der Waals surface area contributed by atoms with Crippen molar-refractivity contribution in [2.45, 2.75) is 38.1 Å². The quantitative estimate of drug-likeness (QED) is 0.512. The van der Waals surface area contributed by atoms with Gasteiger partial charge in [-0.15, -0.1) is 0 Å². The Morgan fingerprint density at radius 2 is 1.75 bits per heavy atom. The number of hydrogen-bond acceptors (Lipinski definition) is 2. The summed E-state index contributed by atoms with van der Waals surface area (Å²) in [6, 6.07) is 0.954. The van der Waals surface area contributed by atoms with Gasteiger partial charge in [0, 0.05) is 6.04 Å². The lowest BCUT2D eigenvalue weighted by atomic mass is 9.96. The second kappa shape index (κ2) is 5.33. The molecule has 0 atom stereocenters. The molecule has 1 aliphatic rings. The van der Waals surface area contributed by atoms with E-state index in [4.69, 9.17) is 0 Å². The van der Waals surface area contributed by atoms with E-state index in [0.29, 0.717) is 0 Å². The highest BCUT2D eigenvalue weighted by atomic mass is 28.3. The van der Waals surface area contributed by atoms with Crippen LogP contribution in [0.3, 0.4) is 0 Å². The van der Waals surface area contributed by atoms with Crippen LogP contribution in [-0.2, 0) is 0 Å². The van der Waals surface area contributed by atoms with Crippen LogP contribution < -0.4 is 0 Å². The van der Waals surface area contributed by atoms with Gasteiger partial charge in [-0.3, -0.25) is 0 Å². The minimum atomic E-state index is 0.0157. The van der Waals surface area contributed by atoms with E-state index in [-0.39, 0.29) is 9.84 Å². The normalized spacial score (nSPS) is 22.2. The summed E-state index contributed by atoms with van der Waals surface area (Å²) in [7, 11) is 4.97. The fraction of sp³-hybridized carbons (Fsp3) is 1.00. The molecule has 0 unspecified atom stereocenters.